The summed E-state index contributed by atoms with van der Waals surface area (Å²) in [5.41, 5.74) is 2.68. The van der Waals surface area contributed by atoms with Gasteiger partial charge in [0, 0.05) is 32.0 Å². The van der Waals surface area contributed by atoms with E-state index in [1.54, 1.807) is 4.57 Å². The molecule has 38 heavy (non-hydrogen) atoms. The second kappa shape index (κ2) is 10.5. The molecule has 2 atom stereocenters. The van der Waals surface area contributed by atoms with Crippen LogP contribution in [0.25, 0.3) is 22.2 Å². The van der Waals surface area contributed by atoms with Gasteiger partial charge in [-0.15, -0.1) is 0 Å². The van der Waals surface area contributed by atoms with E-state index in [-0.39, 0.29) is 11.2 Å². The van der Waals surface area contributed by atoms with Crippen LogP contribution >= 0.6 is 0 Å². The van der Waals surface area contributed by atoms with Crippen LogP contribution in [0.3, 0.4) is 0 Å². The van der Waals surface area contributed by atoms with Gasteiger partial charge in [-0.1, -0.05) is 26.0 Å². The number of hydrogen-bond donors (Lipinski definition) is 3. The lowest BCUT2D eigenvalue weighted by Crippen LogP contribution is -2.40. The topological polar surface area (TPSA) is 113 Å². The molecule has 4 aromatic rings. The molecule has 6 rings (SSSR count). The summed E-state index contributed by atoms with van der Waals surface area (Å²) < 4.78 is 3.07. The molecule has 202 valence electrons. The van der Waals surface area contributed by atoms with Crippen LogP contribution in [0.15, 0.2) is 33.9 Å². The Labute approximate surface area is 222 Å². The molecule has 0 amide bonds. The first-order valence-corrected chi connectivity index (χ1v) is 14.4. The lowest BCUT2D eigenvalue weighted by atomic mass is 9.73. The first-order valence-electron chi connectivity index (χ1n) is 14.4. The average molecular weight is 518 g/mol. The van der Waals surface area contributed by atoms with Gasteiger partial charge in [-0.25, -0.2) is 14.8 Å². The van der Waals surface area contributed by atoms with E-state index in [0.29, 0.717) is 47.9 Å². The Hall–Kier alpha value is -3.20. The zero-order valence-electron chi connectivity index (χ0n) is 22.5. The third-order valence-corrected chi connectivity index (χ3v) is 8.81. The first kappa shape index (κ1) is 25.1. The summed E-state index contributed by atoms with van der Waals surface area (Å²) >= 11 is 0. The number of fused-ring (bicyclic) bond motifs is 4. The van der Waals surface area contributed by atoms with Gasteiger partial charge in [0.15, 0.2) is 5.65 Å². The van der Waals surface area contributed by atoms with Crippen molar-refractivity contribution in [3.05, 3.63) is 56.8 Å². The maximum absolute atomic E-state index is 13.1. The number of benzene rings is 1. The number of para-hydroxylation sites is 2. The SMILES string of the molecule is CCCn1c(=O)c2[nH]c(C3CC4CCC(C3)C4CNCCc3nc4ccccc4[nH]3)nc2n(CCC)c1=O. The summed E-state index contributed by atoms with van der Waals surface area (Å²) in [4.78, 5) is 42.6. The van der Waals surface area contributed by atoms with Gasteiger partial charge >= 0.3 is 5.69 Å². The van der Waals surface area contributed by atoms with Gasteiger partial charge in [-0.3, -0.25) is 13.9 Å². The molecule has 1 aromatic carbocycles. The summed E-state index contributed by atoms with van der Waals surface area (Å²) in [5, 5.41) is 3.71. The van der Waals surface area contributed by atoms with Crippen LogP contribution in [0.1, 0.15) is 69.9 Å². The zero-order chi connectivity index (χ0) is 26.2. The largest absolute Gasteiger partial charge is 0.342 e. The molecular formula is C29H39N7O2. The van der Waals surface area contributed by atoms with Crippen molar-refractivity contribution < 1.29 is 0 Å². The van der Waals surface area contributed by atoms with E-state index in [0.717, 1.165) is 67.9 Å². The van der Waals surface area contributed by atoms with Crippen molar-refractivity contribution in [2.24, 2.45) is 17.8 Å². The van der Waals surface area contributed by atoms with Gasteiger partial charge < -0.3 is 15.3 Å². The Morgan fingerprint density at radius 2 is 1.71 bits per heavy atom. The number of aromatic nitrogens is 6. The fourth-order valence-corrected chi connectivity index (χ4v) is 7.03. The molecule has 3 aromatic heterocycles. The zero-order valence-corrected chi connectivity index (χ0v) is 22.5. The Kier molecular flexibility index (Phi) is 6.95. The molecule has 2 aliphatic carbocycles. The molecule has 2 bridgehead atoms. The van der Waals surface area contributed by atoms with E-state index >= 15 is 0 Å². The predicted octanol–water partition coefficient (Wildman–Crippen LogP) is 3.93. The maximum atomic E-state index is 13.1. The number of imidazole rings is 2. The highest BCUT2D eigenvalue weighted by molar-refractivity contribution is 5.74. The van der Waals surface area contributed by atoms with Crippen LogP contribution in [0.4, 0.5) is 0 Å². The van der Waals surface area contributed by atoms with E-state index < -0.39 is 0 Å². The van der Waals surface area contributed by atoms with Crippen molar-refractivity contribution in [1.82, 2.24) is 34.4 Å². The summed E-state index contributed by atoms with van der Waals surface area (Å²) in [6.07, 6.45) is 7.17. The van der Waals surface area contributed by atoms with Crippen molar-refractivity contribution in [1.29, 1.82) is 0 Å². The molecule has 0 saturated heterocycles. The summed E-state index contributed by atoms with van der Waals surface area (Å²) in [6, 6.07) is 8.17. The number of hydrogen-bond acceptors (Lipinski definition) is 5. The fraction of sp³-hybridized carbons (Fsp3) is 0.586. The third-order valence-electron chi connectivity index (χ3n) is 8.81. The minimum absolute atomic E-state index is 0.233. The monoisotopic (exact) mass is 517 g/mol. The van der Waals surface area contributed by atoms with E-state index in [2.05, 4.69) is 21.4 Å². The van der Waals surface area contributed by atoms with Crippen molar-refractivity contribution in [3.63, 3.8) is 0 Å². The minimum atomic E-state index is -0.234. The second-order valence-corrected chi connectivity index (χ2v) is 11.3. The normalized spacial score (nSPS) is 23.1. The molecule has 9 nitrogen and oxygen atoms in total. The first-order chi connectivity index (χ1) is 18.6. The van der Waals surface area contributed by atoms with Crippen LogP contribution in [-0.2, 0) is 19.5 Å². The molecule has 0 spiro atoms. The molecule has 0 radical (unpaired) electrons. The summed E-state index contributed by atoms with van der Waals surface area (Å²) in [7, 11) is 0. The van der Waals surface area contributed by atoms with Crippen LogP contribution < -0.4 is 16.6 Å². The molecular weight excluding hydrogens is 478 g/mol. The van der Waals surface area contributed by atoms with Crippen molar-refractivity contribution >= 4 is 22.2 Å². The lowest BCUT2D eigenvalue weighted by Gasteiger charge is -2.34. The van der Waals surface area contributed by atoms with Gasteiger partial charge in [0.25, 0.3) is 5.56 Å². The lowest BCUT2D eigenvalue weighted by molar-refractivity contribution is 0.196. The molecule has 3 heterocycles. The highest BCUT2D eigenvalue weighted by atomic mass is 16.2. The van der Waals surface area contributed by atoms with Gasteiger partial charge in [0.1, 0.15) is 17.2 Å². The molecule has 3 N–H and O–H groups in total. The number of rotatable bonds is 10. The molecule has 2 saturated carbocycles. The predicted molar refractivity (Wildman–Crippen MR) is 150 cm³/mol. The van der Waals surface area contributed by atoms with Crippen molar-refractivity contribution in [2.45, 2.75) is 77.8 Å². The third kappa shape index (κ3) is 4.51. The highest BCUT2D eigenvalue weighted by Gasteiger charge is 2.43. The maximum Gasteiger partial charge on any atom is 0.332 e. The minimum Gasteiger partial charge on any atom is -0.342 e. The standard InChI is InChI=1S/C29H39N7O2/c1-3-13-35-27-25(28(37)36(14-4-2)29(35)38)33-26(34-27)20-15-18-9-10-19(16-20)21(18)17-30-12-11-24-31-22-7-5-6-8-23(22)32-24/h5-8,18-21,30H,3-4,9-17H2,1-2H3,(H,31,32)(H,33,34). The Bertz CT molecular complexity index is 1500. The Morgan fingerprint density at radius 1 is 0.974 bits per heavy atom. The molecule has 2 aliphatic rings. The van der Waals surface area contributed by atoms with E-state index in [1.807, 2.05) is 32.0 Å². The van der Waals surface area contributed by atoms with Gasteiger partial charge in [-0.05, 0) is 75.0 Å². The van der Waals surface area contributed by atoms with Crippen LogP contribution in [0.5, 0.6) is 0 Å². The van der Waals surface area contributed by atoms with E-state index in [9.17, 15) is 9.59 Å². The summed E-state index contributed by atoms with van der Waals surface area (Å²) in [6.45, 7) is 7.00. The number of nitrogens with zero attached hydrogens (tertiary/aromatic N) is 4. The van der Waals surface area contributed by atoms with Gasteiger partial charge in [0.2, 0.25) is 0 Å². The molecule has 9 heteroatoms. The quantitative estimate of drug-likeness (QED) is 0.276. The Morgan fingerprint density at radius 3 is 2.45 bits per heavy atom. The number of aromatic amines is 2. The van der Waals surface area contributed by atoms with E-state index in [1.165, 1.54) is 17.4 Å². The number of aryl methyl sites for hydroxylation is 1. The van der Waals surface area contributed by atoms with Crippen LogP contribution in [0.2, 0.25) is 0 Å². The van der Waals surface area contributed by atoms with Crippen molar-refractivity contribution in [3.8, 4) is 0 Å². The van der Waals surface area contributed by atoms with E-state index in [4.69, 9.17) is 9.97 Å². The molecule has 2 fully saturated rings. The molecule has 0 aliphatic heterocycles. The summed E-state index contributed by atoms with van der Waals surface area (Å²) in [5.74, 6) is 4.27. The Balaban J connectivity index is 1.13. The van der Waals surface area contributed by atoms with Crippen molar-refractivity contribution in [2.75, 3.05) is 13.1 Å². The van der Waals surface area contributed by atoms with Crippen LogP contribution in [0, 0.1) is 17.8 Å². The fourth-order valence-electron chi connectivity index (χ4n) is 7.03. The smallest absolute Gasteiger partial charge is 0.332 e. The number of H-pyrrole nitrogens is 2. The highest BCUT2D eigenvalue weighted by Crippen LogP contribution is 2.51. The second-order valence-electron chi connectivity index (χ2n) is 11.3. The van der Waals surface area contributed by atoms with Gasteiger partial charge in [-0.2, -0.15) is 0 Å². The number of nitrogens with one attached hydrogen (secondary N) is 3. The molecule has 2 unspecified atom stereocenters. The van der Waals surface area contributed by atoms with Gasteiger partial charge in [0.05, 0.1) is 11.0 Å². The van der Waals surface area contributed by atoms with Crippen LogP contribution in [-0.4, -0.2) is 42.2 Å². The average Bonchev–Trinajstić information content (AvgIpc) is 3.60.